The van der Waals surface area contributed by atoms with E-state index in [1.54, 1.807) is 20.8 Å². The molecule has 2 N–H and O–H groups in total. The maximum Gasteiger partial charge on any atom is 0.326 e. The van der Waals surface area contributed by atoms with Crippen LogP contribution in [0.1, 0.15) is 44.6 Å². The molecule has 1 rings (SSSR count). The highest BCUT2D eigenvalue weighted by Crippen LogP contribution is 2.19. The minimum absolute atomic E-state index is 0.0264. The van der Waals surface area contributed by atoms with Gasteiger partial charge in [0, 0.05) is 12.6 Å². The first-order valence-corrected chi connectivity index (χ1v) is 6.78. The molecule has 0 spiro atoms. The van der Waals surface area contributed by atoms with Crippen LogP contribution in [0.5, 0.6) is 0 Å². The number of nitrogens with one attached hydrogen (secondary N) is 1. The van der Waals surface area contributed by atoms with Crippen molar-refractivity contribution in [1.29, 1.82) is 0 Å². The van der Waals surface area contributed by atoms with Crippen LogP contribution in [-0.2, 0) is 11.3 Å². The third-order valence-electron chi connectivity index (χ3n) is 2.92. The highest BCUT2D eigenvalue weighted by molar-refractivity contribution is 5.94. The zero-order valence-corrected chi connectivity index (χ0v) is 12.7. The lowest BCUT2D eigenvalue weighted by Crippen LogP contribution is -2.49. The van der Waals surface area contributed by atoms with Gasteiger partial charge < -0.3 is 10.4 Å². The maximum atomic E-state index is 12.1. The molecule has 0 aliphatic rings. The first-order chi connectivity index (χ1) is 9.66. The molecule has 116 valence electrons. The van der Waals surface area contributed by atoms with Crippen molar-refractivity contribution in [3.8, 4) is 0 Å². The first kappa shape index (κ1) is 16.9. The number of aromatic nitrogens is 2. The van der Waals surface area contributed by atoms with Gasteiger partial charge in [0.2, 0.25) is 0 Å². The predicted octanol–water partition coefficient (Wildman–Crippen LogP) is 0.882. The molecule has 0 aromatic carbocycles. The Morgan fingerprint density at radius 3 is 2.48 bits per heavy atom. The van der Waals surface area contributed by atoms with Crippen LogP contribution in [-0.4, -0.2) is 32.8 Å². The van der Waals surface area contributed by atoms with Gasteiger partial charge in [0.25, 0.3) is 11.5 Å². The van der Waals surface area contributed by atoms with Gasteiger partial charge in [-0.1, -0.05) is 27.7 Å². The van der Waals surface area contributed by atoms with E-state index in [0.717, 1.165) is 0 Å². The van der Waals surface area contributed by atoms with Crippen molar-refractivity contribution in [2.24, 2.45) is 5.41 Å². The Hall–Kier alpha value is -2.18. The van der Waals surface area contributed by atoms with Gasteiger partial charge in [-0.2, -0.15) is 5.10 Å². The summed E-state index contributed by atoms with van der Waals surface area (Å²) in [5, 5.41) is 15.6. The number of aryl methyl sites for hydroxylation is 1. The van der Waals surface area contributed by atoms with Gasteiger partial charge >= 0.3 is 5.97 Å². The summed E-state index contributed by atoms with van der Waals surface area (Å²) in [7, 11) is 0. The molecule has 0 fully saturated rings. The molecule has 0 saturated heterocycles. The smallest absolute Gasteiger partial charge is 0.326 e. The molecule has 1 amide bonds. The van der Waals surface area contributed by atoms with E-state index in [1.165, 1.54) is 16.8 Å². The van der Waals surface area contributed by atoms with Crippen LogP contribution >= 0.6 is 0 Å². The predicted molar refractivity (Wildman–Crippen MR) is 77.1 cm³/mol. The van der Waals surface area contributed by atoms with Crippen LogP contribution in [0, 0.1) is 5.41 Å². The number of carbonyl (C=O) groups excluding carboxylic acids is 1. The molecule has 1 aromatic rings. The Bertz CT molecular complexity index is 587. The van der Waals surface area contributed by atoms with E-state index < -0.39 is 23.3 Å². The molecular weight excluding hydrogens is 274 g/mol. The fourth-order valence-corrected chi connectivity index (χ4v) is 1.80. The lowest BCUT2D eigenvalue weighted by Gasteiger charge is -2.27. The number of carboxylic acid groups (broad SMARTS) is 1. The van der Waals surface area contributed by atoms with Crippen LogP contribution in [0.25, 0.3) is 0 Å². The van der Waals surface area contributed by atoms with Gasteiger partial charge in [0.05, 0.1) is 0 Å². The van der Waals surface area contributed by atoms with Gasteiger partial charge in [0.1, 0.15) is 11.7 Å². The van der Waals surface area contributed by atoms with Crippen LogP contribution in [0.4, 0.5) is 0 Å². The van der Waals surface area contributed by atoms with Gasteiger partial charge in [0.15, 0.2) is 0 Å². The summed E-state index contributed by atoms with van der Waals surface area (Å²) in [5.41, 5.74) is -0.906. The largest absolute Gasteiger partial charge is 0.480 e. The number of rotatable bonds is 5. The molecule has 0 aliphatic heterocycles. The molecule has 0 unspecified atom stereocenters. The Kier molecular flexibility index (Phi) is 5.23. The van der Waals surface area contributed by atoms with E-state index in [1.807, 2.05) is 6.92 Å². The number of nitrogens with zero attached hydrogens (tertiary/aromatic N) is 2. The molecule has 7 nitrogen and oxygen atoms in total. The summed E-state index contributed by atoms with van der Waals surface area (Å²) in [6.07, 6.45) is 0.706. The minimum atomic E-state index is -1.11. The van der Waals surface area contributed by atoms with E-state index in [2.05, 4.69) is 10.4 Å². The maximum absolute atomic E-state index is 12.1. The van der Waals surface area contributed by atoms with Gasteiger partial charge in [-0.25, -0.2) is 9.48 Å². The lowest BCUT2D eigenvalue weighted by atomic mass is 9.86. The van der Waals surface area contributed by atoms with Crippen LogP contribution in [0.2, 0.25) is 0 Å². The Labute approximate surface area is 123 Å². The zero-order chi connectivity index (χ0) is 16.2. The van der Waals surface area contributed by atoms with Crippen LogP contribution < -0.4 is 10.9 Å². The average molecular weight is 295 g/mol. The first-order valence-electron chi connectivity index (χ1n) is 6.78. The summed E-state index contributed by atoms with van der Waals surface area (Å²) < 4.78 is 1.20. The molecule has 1 atom stereocenters. The number of hydrogen-bond acceptors (Lipinski definition) is 4. The molecule has 0 radical (unpaired) electrons. The van der Waals surface area contributed by atoms with Gasteiger partial charge in [-0.05, 0) is 17.9 Å². The fourth-order valence-electron chi connectivity index (χ4n) is 1.80. The zero-order valence-electron chi connectivity index (χ0n) is 12.7. The molecule has 0 saturated carbocycles. The van der Waals surface area contributed by atoms with Gasteiger partial charge in [-0.3, -0.25) is 9.59 Å². The quantitative estimate of drug-likeness (QED) is 0.839. The average Bonchev–Trinajstić information content (AvgIpc) is 2.36. The van der Waals surface area contributed by atoms with Gasteiger partial charge in [-0.15, -0.1) is 0 Å². The van der Waals surface area contributed by atoms with E-state index in [9.17, 15) is 19.5 Å². The third-order valence-corrected chi connectivity index (χ3v) is 2.92. The van der Waals surface area contributed by atoms with Crippen molar-refractivity contribution in [3.05, 3.63) is 28.2 Å². The van der Waals surface area contributed by atoms with E-state index in [0.29, 0.717) is 13.0 Å². The normalized spacial score (nSPS) is 12.8. The summed E-state index contributed by atoms with van der Waals surface area (Å²) in [6, 6.07) is 1.51. The summed E-state index contributed by atoms with van der Waals surface area (Å²) in [4.78, 5) is 34.9. The molecular formula is C14H21N3O4. The second kappa shape index (κ2) is 6.51. The Morgan fingerprint density at radius 2 is 2.00 bits per heavy atom. The van der Waals surface area contributed by atoms with E-state index in [-0.39, 0.29) is 11.3 Å². The standard InChI is InChI=1S/C14H21N3O4/c1-5-8-17-10(18)7-6-9(16-17)12(19)15-11(13(20)21)14(2,3)4/h6-7,11H,5,8H2,1-4H3,(H,15,19)(H,20,21)/t11-/m0/s1. The third kappa shape index (κ3) is 4.40. The highest BCUT2D eigenvalue weighted by Gasteiger charge is 2.33. The second-order valence-corrected chi connectivity index (χ2v) is 5.89. The number of carboxylic acids is 1. The molecule has 7 heteroatoms. The van der Waals surface area contributed by atoms with Crippen molar-refractivity contribution in [1.82, 2.24) is 15.1 Å². The van der Waals surface area contributed by atoms with Crippen molar-refractivity contribution < 1.29 is 14.7 Å². The van der Waals surface area contributed by atoms with Crippen LogP contribution in [0.3, 0.4) is 0 Å². The Morgan fingerprint density at radius 1 is 1.38 bits per heavy atom. The second-order valence-electron chi connectivity index (χ2n) is 5.89. The monoisotopic (exact) mass is 295 g/mol. The number of amides is 1. The van der Waals surface area contributed by atoms with Crippen molar-refractivity contribution in [2.45, 2.75) is 46.7 Å². The number of aliphatic carboxylic acids is 1. The lowest BCUT2D eigenvalue weighted by molar-refractivity contribution is -0.142. The molecule has 0 bridgehead atoms. The summed E-state index contributed by atoms with van der Waals surface area (Å²) in [5.74, 6) is -1.72. The number of hydrogen-bond donors (Lipinski definition) is 2. The molecule has 0 aliphatic carbocycles. The SMILES string of the molecule is CCCn1nc(C(=O)N[C@@H](C(=O)O)C(C)(C)C)ccc1=O. The van der Waals surface area contributed by atoms with Crippen molar-refractivity contribution >= 4 is 11.9 Å². The fraction of sp³-hybridized carbons (Fsp3) is 0.571. The number of carbonyl (C=O) groups is 2. The summed E-state index contributed by atoms with van der Waals surface area (Å²) >= 11 is 0. The van der Waals surface area contributed by atoms with E-state index >= 15 is 0 Å². The topological polar surface area (TPSA) is 101 Å². The molecule has 1 heterocycles. The summed E-state index contributed by atoms with van der Waals surface area (Å²) in [6.45, 7) is 7.45. The Balaban J connectivity index is 3.01. The van der Waals surface area contributed by atoms with Crippen molar-refractivity contribution in [3.63, 3.8) is 0 Å². The van der Waals surface area contributed by atoms with Crippen molar-refractivity contribution in [2.75, 3.05) is 0 Å². The molecule has 21 heavy (non-hydrogen) atoms. The van der Waals surface area contributed by atoms with E-state index in [4.69, 9.17) is 0 Å². The van der Waals surface area contributed by atoms with Crippen LogP contribution in [0.15, 0.2) is 16.9 Å². The minimum Gasteiger partial charge on any atom is -0.480 e. The highest BCUT2D eigenvalue weighted by atomic mass is 16.4. The molecule has 1 aromatic heterocycles.